The molecular formula is C25H30O. The molecule has 1 unspecified atom stereocenters. The zero-order valence-corrected chi connectivity index (χ0v) is 16.1. The fourth-order valence-electron chi connectivity index (χ4n) is 3.83. The molecule has 0 heterocycles. The minimum Gasteiger partial charge on any atom is -0.497 e. The van der Waals surface area contributed by atoms with E-state index in [2.05, 4.69) is 67.3 Å². The number of methoxy groups -OCH3 is 1. The number of benzene rings is 2. The summed E-state index contributed by atoms with van der Waals surface area (Å²) in [7, 11) is 1.73. The Kier molecular flexibility index (Phi) is 6.75. The Morgan fingerprint density at radius 1 is 1.04 bits per heavy atom. The van der Waals surface area contributed by atoms with Crippen LogP contribution in [0.3, 0.4) is 0 Å². The van der Waals surface area contributed by atoms with Gasteiger partial charge in [0, 0.05) is 11.5 Å². The smallest absolute Gasteiger partial charge is 0.118 e. The first-order valence-corrected chi connectivity index (χ1v) is 9.99. The lowest BCUT2D eigenvalue weighted by Gasteiger charge is -2.25. The Hall–Kier alpha value is -2.24. The molecule has 1 heteroatoms. The molecule has 0 saturated heterocycles. The van der Waals surface area contributed by atoms with E-state index in [-0.39, 0.29) is 0 Å². The quantitative estimate of drug-likeness (QED) is 0.504. The molecule has 0 aliphatic heterocycles. The zero-order chi connectivity index (χ0) is 18.2. The average molecular weight is 347 g/mol. The fourth-order valence-corrected chi connectivity index (χ4v) is 3.83. The van der Waals surface area contributed by atoms with Crippen LogP contribution in [0.15, 0.2) is 65.9 Å². The lowest BCUT2D eigenvalue weighted by Crippen LogP contribution is -2.08. The summed E-state index contributed by atoms with van der Waals surface area (Å²) >= 11 is 0. The van der Waals surface area contributed by atoms with Crippen LogP contribution in [0, 0.1) is 0 Å². The fraction of sp³-hybridized carbons (Fsp3) is 0.400. The third-order valence-electron chi connectivity index (χ3n) is 5.34. The second-order valence-electron chi connectivity index (χ2n) is 7.17. The van der Waals surface area contributed by atoms with Gasteiger partial charge < -0.3 is 4.74 Å². The standard InChI is InChI=1S/C25H30O/c1-3-4-10-22(20-11-6-5-7-12-20)19-23-13-8-9-14-25(23)21-15-17-24(26-2)18-16-21/h5-7,11-12,15-18,25H,3-4,8-10,13-14H2,1-2H3. The van der Waals surface area contributed by atoms with Crippen LogP contribution in [-0.2, 0) is 0 Å². The van der Waals surface area contributed by atoms with Gasteiger partial charge in [-0.1, -0.05) is 62.2 Å². The maximum absolute atomic E-state index is 5.32. The molecule has 3 rings (SSSR count). The van der Waals surface area contributed by atoms with Crippen LogP contribution in [0.1, 0.15) is 68.9 Å². The van der Waals surface area contributed by atoms with Crippen molar-refractivity contribution in [2.75, 3.05) is 7.11 Å². The zero-order valence-electron chi connectivity index (χ0n) is 16.1. The summed E-state index contributed by atoms with van der Waals surface area (Å²) in [5, 5.41) is 0. The summed E-state index contributed by atoms with van der Waals surface area (Å²) < 4.78 is 5.32. The van der Waals surface area contributed by atoms with E-state index in [0.29, 0.717) is 5.92 Å². The first kappa shape index (κ1) is 18.5. The van der Waals surface area contributed by atoms with Crippen molar-refractivity contribution in [3.8, 4) is 5.75 Å². The number of ether oxygens (including phenoxy) is 1. The number of allylic oxidation sites excluding steroid dienone is 1. The molecule has 0 N–H and O–H groups in total. The highest BCUT2D eigenvalue weighted by molar-refractivity contribution is 5.65. The molecule has 1 aliphatic carbocycles. The van der Waals surface area contributed by atoms with Gasteiger partial charge in [-0.2, -0.15) is 0 Å². The predicted octanol–water partition coefficient (Wildman–Crippen LogP) is 7.15. The van der Waals surface area contributed by atoms with Gasteiger partial charge in [0.25, 0.3) is 0 Å². The van der Waals surface area contributed by atoms with E-state index in [1.165, 1.54) is 60.8 Å². The summed E-state index contributed by atoms with van der Waals surface area (Å²) in [6.07, 6.45) is 8.53. The third kappa shape index (κ3) is 4.68. The molecule has 0 spiro atoms. The van der Waals surface area contributed by atoms with Crippen LogP contribution in [0.2, 0.25) is 0 Å². The van der Waals surface area contributed by atoms with Gasteiger partial charge in [-0.15, -0.1) is 5.73 Å². The molecule has 1 atom stereocenters. The van der Waals surface area contributed by atoms with E-state index in [9.17, 15) is 0 Å². The Labute approximate surface area is 158 Å². The number of rotatable bonds is 6. The van der Waals surface area contributed by atoms with Crippen LogP contribution < -0.4 is 4.74 Å². The van der Waals surface area contributed by atoms with Gasteiger partial charge in [0.15, 0.2) is 0 Å². The molecule has 0 amide bonds. The van der Waals surface area contributed by atoms with E-state index in [1.54, 1.807) is 7.11 Å². The molecule has 1 aliphatic rings. The van der Waals surface area contributed by atoms with Crippen LogP contribution in [0.25, 0.3) is 5.57 Å². The van der Waals surface area contributed by atoms with Crippen molar-refractivity contribution in [3.63, 3.8) is 0 Å². The van der Waals surface area contributed by atoms with Crippen molar-refractivity contribution in [1.82, 2.24) is 0 Å². The van der Waals surface area contributed by atoms with E-state index >= 15 is 0 Å². The largest absolute Gasteiger partial charge is 0.497 e. The Balaban J connectivity index is 2.00. The van der Waals surface area contributed by atoms with Crippen LogP contribution in [0.4, 0.5) is 0 Å². The molecule has 0 bridgehead atoms. The van der Waals surface area contributed by atoms with Crippen molar-refractivity contribution < 1.29 is 4.74 Å². The van der Waals surface area contributed by atoms with Gasteiger partial charge in [0.1, 0.15) is 5.75 Å². The van der Waals surface area contributed by atoms with E-state index in [4.69, 9.17) is 4.74 Å². The molecular weight excluding hydrogens is 316 g/mol. The lowest BCUT2D eigenvalue weighted by atomic mass is 9.79. The predicted molar refractivity (Wildman–Crippen MR) is 111 cm³/mol. The highest BCUT2D eigenvalue weighted by Crippen LogP contribution is 2.38. The second kappa shape index (κ2) is 9.46. The van der Waals surface area contributed by atoms with Gasteiger partial charge in [0.05, 0.1) is 7.11 Å². The molecule has 2 aromatic rings. The van der Waals surface area contributed by atoms with Crippen LogP contribution in [0.5, 0.6) is 5.75 Å². The van der Waals surface area contributed by atoms with Gasteiger partial charge >= 0.3 is 0 Å². The highest BCUT2D eigenvalue weighted by atomic mass is 16.5. The van der Waals surface area contributed by atoms with Crippen molar-refractivity contribution in [2.24, 2.45) is 0 Å². The summed E-state index contributed by atoms with van der Waals surface area (Å²) in [6, 6.07) is 19.4. The maximum atomic E-state index is 5.32. The Morgan fingerprint density at radius 3 is 2.50 bits per heavy atom. The van der Waals surface area contributed by atoms with Crippen molar-refractivity contribution in [1.29, 1.82) is 0 Å². The topological polar surface area (TPSA) is 9.23 Å². The van der Waals surface area contributed by atoms with E-state index in [1.807, 2.05) is 0 Å². The van der Waals surface area contributed by atoms with Gasteiger partial charge in [-0.25, -0.2) is 0 Å². The summed E-state index contributed by atoms with van der Waals surface area (Å²) in [4.78, 5) is 0. The third-order valence-corrected chi connectivity index (χ3v) is 5.34. The minimum absolute atomic E-state index is 0.495. The molecule has 0 aromatic heterocycles. The Bertz CT molecular complexity index is 749. The molecule has 0 radical (unpaired) electrons. The normalized spacial score (nSPS) is 16.8. The first-order valence-electron chi connectivity index (χ1n) is 9.99. The molecule has 26 heavy (non-hydrogen) atoms. The van der Waals surface area contributed by atoms with Gasteiger partial charge in [-0.3, -0.25) is 0 Å². The molecule has 1 saturated carbocycles. The van der Waals surface area contributed by atoms with E-state index < -0.39 is 0 Å². The van der Waals surface area contributed by atoms with Crippen molar-refractivity contribution >= 4 is 5.57 Å². The number of hydrogen-bond donors (Lipinski definition) is 0. The first-order chi connectivity index (χ1) is 12.8. The van der Waals surface area contributed by atoms with E-state index in [0.717, 1.165) is 12.2 Å². The summed E-state index contributed by atoms with van der Waals surface area (Å²) in [6.45, 7) is 2.26. The number of hydrogen-bond acceptors (Lipinski definition) is 1. The monoisotopic (exact) mass is 346 g/mol. The van der Waals surface area contributed by atoms with Crippen molar-refractivity contribution in [2.45, 2.75) is 57.8 Å². The maximum Gasteiger partial charge on any atom is 0.118 e. The second-order valence-corrected chi connectivity index (χ2v) is 7.17. The molecule has 1 fully saturated rings. The minimum atomic E-state index is 0.495. The highest BCUT2D eigenvalue weighted by Gasteiger charge is 2.21. The van der Waals surface area contributed by atoms with Crippen LogP contribution in [-0.4, -0.2) is 7.11 Å². The SMILES string of the molecule is CCCCC(=C=C1CCCCC1c1ccc(OC)cc1)c1ccccc1. The average Bonchev–Trinajstić information content (AvgIpc) is 2.72. The van der Waals surface area contributed by atoms with Crippen LogP contribution >= 0.6 is 0 Å². The summed E-state index contributed by atoms with van der Waals surface area (Å²) in [5.74, 6) is 1.42. The van der Waals surface area contributed by atoms with Gasteiger partial charge in [0.2, 0.25) is 0 Å². The lowest BCUT2D eigenvalue weighted by molar-refractivity contribution is 0.414. The summed E-state index contributed by atoms with van der Waals surface area (Å²) in [5.41, 5.74) is 9.47. The van der Waals surface area contributed by atoms with Gasteiger partial charge in [-0.05, 0) is 60.9 Å². The number of unbranched alkanes of at least 4 members (excludes halogenated alkanes) is 1. The molecule has 136 valence electrons. The Morgan fingerprint density at radius 2 is 1.81 bits per heavy atom. The molecule has 1 nitrogen and oxygen atoms in total. The van der Waals surface area contributed by atoms with Crippen molar-refractivity contribution in [3.05, 3.63) is 77.0 Å². The molecule has 2 aromatic carbocycles.